The highest BCUT2D eigenvalue weighted by atomic mass is 32.2. The highest BCUT2D eigenvalue weighted by Gasteiger charge is 2.26. The van der Waals surface area contributed by atoms with E-state index in [4.69, 9.17) is 10.5 Å². The molecule has 4 N–H and O–H groups in total. The van der Waals surface area contributed by atoms with Gasteiger partial charge < -0.3 is 15.8 Å². The molecule has 0 bridgehead atoms. The van der Waals surface area contributed by atoms with Crippen molar-refractivity contribution >= 4 is 15.9 Å². The Morgan fingerprint density at radius 3 is 2.52 bits per heavy atom. The molecule has 0 radical (unpaired) electrons. The van der Waals surface area contributed by atoms with Crippen molar-refractivity contribution < 1.29 is 17.9 Å². The number of ether oxygens (including phenoxy) is 1. The minimum absolute atomic E-state index is 0.0594. The van der Waals surface area contributed by atoms with E-state index in [9.17, 15) is 13.2 Å². The highest BCUT2D eigenvalue weighted by molar-refractivity contribution is 7.89. The monoisotopic (exact) mass is 395 g/mol. The summed E-state index contributed by atoms with van der Waals surface area (Å²) in [5.74, 6) is 0.126. The number of carbonyl (C=O) groups excluding carboxylic acids is 1. The van der Waals surface area contributed by atoms with Crippen molar-refractivity contribution in [1.82, 2.24) is 10.0 Å². The molecule has 3 unspecified atom stereocenters. The summed E-state index contributed by atoms with van der Waals surface area (Å²) in [5.41, 5.74) is 6.27. The lowest BCUT2D eigenvalue weighted by molar-refractivity contribution is 0.0908. The summed E-state index contributed by atoms with van der Waals surface area (Å²) < 4.78 is 32.8. The first-order chi connectivity index (χ1) is 13.0. The molecular formula is C19H29N3O4S. The highest BCUT2D eigenvalue weighted by Crippen LogP contribution is 2.24. The maximum absolute atomic E-state index is 12.5. The molecular weight excluding hydrogens is 366 g/mol. The van der Waals surface area contributed by atoms with Crippen LogP contribution >= 0.6 is 0 Å². The molecule has 1 aliphatic heterocycles. The first kappa shape index (κ1) is 20.3. The second kappa shape index (κ2) is 9.14. The Morgan fingerprint density at radius 1 is 1.11 bits per heavy atom. The van der Waals surface area contributed by atoms with E-state index in [1.54, 1.807) is 12.1 Å². The Balaban J connectivity index is 1.59. The van der Waals surface area contributed by atoms with Crippen molar-refractivity contribution in [3.8, 4) is 0 Å². The van der Waals surface area contributed by atoms with E-state index in [1.165, 1.54) is 12.1 Å². The SMILES string of the molecule is NCC1CCCCC1NC(=O)c1ccc(S(=O)(=O)NCC2CCCO2)cc1. The molecule has 3 atom stereocenters. The Labute approximate surface area is 161 Å². The minimum Gasteiger partial charge on any atom is -0.377 e. The Morgan fingerprint density at radius 2 is 1.85 bits per heavy atom. The van der Waals surface area contributed by atoms with Gasteiger partial charge in [0.15, 0.2) is 0 Å². The Kier molecular flexibility index (Phi) is 6.86. The van der Waals surface area contributed by atoms with Crippen LogP contribution in [0.3, 0.4) is 0 Å². The smallest absolute Gasteiger partial charge is 0.251 e. The van der Waals surface area contributed by atoms with Crippen LogP contribution in [0.1, 0.15) is 48.9 Å². The third kappa shape index (κ3) is 5.28. The molecule has 1 saturated heterocycles. The summed E-state index contributed by atoms with van der Waals surface area (Å²) in [4.78, 5) is 12.6. The summed E-state index contributed by atoms with van der Waals surface area (Å²) >= 11 is 0. The van der Waals surface area contributed by atoms with Gasteiger partial charge in [0.25, 0.3) is 5.91 Å². The lowest BCUT2D eigenvalue weighted by Crippen LogP contribution is -2.44. The van der Waals surface area contributed by atoms with Crippen LogP contribution < -0.4 is 15.8 Å². The van der Waals surface area contributed by atoms with Gasteiger partial charge in [-0.05, 0) is 62.4 Å². The molecule has 1 aromatic rings. The number of rotatable bonds is 7. The first-order valence-corrected chi connectivity index (χ1v) is 11.2. The molecule has 2 aliphatic rings. The Bertz CT molecular complexity index is 730. The standard InChI is InChI=1S/C19H29N3O4S/c20-12-15-4-1-2-6-18(15)22-19(23)14-7-9-17(10-8-14)27(24,25)21-13-16-5-3-11-26-16/h7-10,15-16,18,21H,1-6,11-13,20H2,(H,22,23). The number of benzene rings is 1. The van der Waals surface area contributed by atoms with E-state index < -0.39 is 10.0 Å². The van der Waals surface area contributed by atoms with Crippen LogP contribution in [0.4, 0.5) is 0 Å². The van der Waals surface area contributed by atoms with Crippen molar-refractivity contribution in [3.63, 3.8) is 0 Å². The van der Waals surface area contributed by atoms with Crippen molar-refractivity contribution in [2.75, 3.05) is 19.7 Å². The van der Waals surface area contributed by atoms with Crippen LogP contribution in [0, 0.1) is 5.92 Å². The van der Waals surface area contributed by atoms with E-state index in [2.05, 4.69) is 10.0 Å². The average molecular weight is 396 g/mol. The second-order valence-electron chi connectivity index (χ2n) is 7.37. The van der Waals surface area contributed by atoms with Gasteiger partial charge in [0.2, 0.25) is 10.0 Å². The summed E-state index contributed by atoms with van der Waals surface area (Å²) in [6.45, 7) is 1.52. The van der Waals surface area contributed by atoms with Crippen molar-refractivity contribution in [2.45, 2.75) is 55.6 Å². The van der Waals surface area contributed by atoms with E-state index in [0.29, 0.717) is 24.6 Å². The third-order valence-corrected chi connectivity index (χ3v) is 6.92. The van der Waals surface area contributed by atoms with Crippen LogP contribution in [0.5, 0.6) is 0 Å². The molecule has 2 fully saturated rings. The molecule has 1 heterocycles. The fourth-order valence-electron chi connectivity index (χ4n) is 3.81. The van der Waals surface area contributed by atoms with E-state index in [0.717, 1.165) is 38.5 Å². The van der Waals surface area contributed by atoms with Crippen LogP contribution in [0.25, 0.3) is 0 Å². The third-order valence-electron chi connectivity index (χ3n) is 5.48. The van der Waals surface area contributed by atoms with Gasteiger partial charge in [-0.1, -0.05) is 12.8 Å². The zero-order valence-electron chi connectivity index (χ0n) is 15.5. The molecule has 27 heavy (non-hydrogen) atoms. The van der Waals surface area contributed by atoms with Gasteiger partial charge in [0, 0.05) is 24.8 Å². The fourth-order valence-corrected chi connectivity index (χ4v) is 4.87. The van der Waals surface area contributed by atoms with Crippen molar-refractivity contribution in [2.24, 2.45) is 11.7 Å². The molecule has 150 valence electrons. The molecule has 1 aromatic carbocycles. The summed E-state index contributed by atoms with van der Waals surface area (Å²) in [5, 5.41) is 3.06. The first-order valence-electron chi connectivity index (χ1n) is 9.72. The largest absolute Gasteiger partial charge is 0.377 e. The quantitative estimate of drug-likeness (QED) is 0.646. The molecule has 0 aromatic heterocycles. The lowest BCUT2D eigenvalue weighted by atomic mass is 9.84. The van der Waals surface area contributed by atoms with Crippen LogP contribution in [-0.4, -0.2) is 46.2 Å². The van der Waals surface area contributed by atoms with Crippen LogP contribution in [-0.2, 0) is 14.8 Å². The number of sulfonamides is 1. The van der Waals surface area contributed by atoms with Crippen molar-refractivity contribution in [1.29, 1.82) is 0 Å². The number of amides is 1. The van der Waals surface area contributed by atoms with Gasteiger partial charge in [-0.15, -0.1) is 0 Å². The fraction of sp³-hybridized carbons (Fsp3) is 0.632. The predicted molar refractivity (Wildman–Crippen MR) is 103 cm³/mol. The molecule has 1 saturated carbocycles. The summed E-state index contributed by atoms with van der Waals surface area (Å²) in [6, 6.07) is 6.13. The zero-order chi connectivity index (χ0) is 19.3. The predicted octanol–water partition coefficient (Wildman–Crippen LogP) is 1.39. The van der Waals surface area contributed by atoms with Gasteiger partial charge in [0.1, 0.15) is 0 Å². The molecule has 0 spiro atoms. The minimum atomic E-state index is -3.61. The van der Waals surface area contributed by atoms with E-state index in [1.807, 2.05) is 0 Å². The van der Waals surface area contributed by atoms with Gasteiger partial charge >= 0.3 is 0 Å². The molecule has 1 aliphatic carbocycles. The number of hydrogen-bond acceptors (Lipinski definition) is 5. The average Bonchev–Trinajstić information content (AvgIpc) is 3.21. The van der Waals surface area contributed by atoms with Gasteiger partial charge in [0.05, 0.1) is 11.0 Å². The molecule has 1 amide bonds. The van der Waals surface area contributed by atoms with Gasteiger partial charge in [-0.2, -0.15) is 0 Å². The number of carbonyl (C=O) groups is 1. The maximum atomic E-state index is 12.5. The number of nitrogens with one attached hydrogen (secondary N) is 2. The molecule has 8 heteroatoms. The second-order valence-corrected chi connectivity index (χ2v) is 9.14. The topological polar surface area (TPSA) is 111 Å². The van der Waals surface area contributed by atoms with Gasteiger partial charge in [-0.3, -0.25) is 4.79 Å². The maximum Gasteiger partial charge on any atom is 0.251 e. The molecule has 3 rings (SSSR count). The van der Waals surface area contributed by atoms with E-state index in [-0.39, 0.29) is 29.5 Å². The number of hydrogen-bond donors (Lipinski definition) is 3. The van der Waals surface area contributed by atoms with Gasteiger partial charge in [-0.25, -0.2) is 13.1 Å². The summed E-state index contributed by atoms with van der Waals surface area (Å²) in [7, 11) is -3.61. The lowest BCUT2D eigenvalue weighted by Gasteiger charge is -2.31. The zero-order valence-corrected chi connectivity index (χ0v) is 16.3. The van der Waals surface area contributed by atoms with Crippen LogP contribution in [0.15, 0.2) is 29.2 Å². The summed E-state index contributed by atoms with van der Waals surface area (Å²) in [6.07, 6.45) is 5.99. The molecule has 7 nitrogen and oxygen atoms in total. The normalized spacial score (nSPS) is 26.0. The van der Waals surface area contributed by atoms with E-state index >= 15 is 0 Å². The van der Waals surface area contributed by atoms with Crippen molar-refractivity contribution in [3.05, 3.63) is 29.8 Å². The number of nitrogens with two attached hydrogens (primary N) is 1. The van der Waals surface area contributed by atoms with Crippen LogP contribution in [0.2, 0.25) is 0 Å². The Hall–Kier alpha value is -1.48.